The molecule has 178 valence electrons. The fraction of sp³-hybridized carbons (Fsp3) is 0.320. The molecule has 1 aromatic carbocycles. The second-order valence-electron chi connectivity index (χ2n) is 8.77. The number of carbonyl (C=O) groups is 2. The van der Waals surface area contributed by atoms with Crippen molar-refractivity contribution >= 4 is 28.5 Å². The first-order chi connectivity index (χ1) is 16.9. The number of urea groups is 2. The fourth-order valence-electron chi connectivity index (χ4n) is 4.64. The maximum absolute atomic E-state index is 13.1. The molecule has 0 radical (unpaired) electrons. The number of rotatable bonds is 3. The van der Waals surface area contributed by atoms with Gasteiger partial charge < -0.3 is 15.1 Å². The van der Waals surface area contributed by atoms with E-state index in [1.54, 1.807) is 17.0 Å². The van der Waals surface area contributed by atoms with E-state index in [2.05, 4.69) is 21.7 Å². The summed E-state index contributed by atoms with van der Waals surface area (Å²) in [7, 11) is 0. The fourth-order valence-corrected chi connectivity index (χ4v) is 5.60. The quantitative estimate of drug-likeness (QED) is 0.580. The van der Waals surface area contributed by atoms with Gasteiger partial charge in [-0.2, -0.15) is 5.26 Å². The second kappa shape index (κ2) is 9.35. The van der Waals surface area contributed by atoms with E-state index < -0.39 is 0 Å². The zero-order valence-electron chi connectivity index (χ0n) is 19.5. The molecule has 2 fully saturated rings. The van der Waals surface area contributed by atoms with Gasteiger partial charge in [-0.25, -0.2) is 14.6 Å². The third kappa shape index (κ3) is 4.68. The molecule has 2 aromatic heterocycles. The van der Waals surface area contributed by atoms with Crippen molar-refractivity contribution in [2.45, 2.75) is 26.3 Å². The number of fused-ring (bicyclic) bond motifs is 1. The summed E-state index contributed by atoms with van der Waals surface area (Å²) in [5.74, 6) is 0. The Hall–Kier alpha value is -3.97. The van der Waals surface area contributed by atoms with Gasteiger partial charge in [0.1, 0.15) is 0 Å². The molecule has 4 amide bonds. The summed E-state index contributed by atoms with van der Waals surface area (Å²) in [5, 5.41) is 15.7. The Morgan fingerprint density at radius 1 is 1.17 bits per heavy atom. The van der Waals surface area contributed by atoms with Crippen LogP contribution in [0.1, 0.15) is 23.4 Å². The van der Waals surface area contributed by atoms with Crippen LogP contribution >= 0.6 is 11.3 Å². The normalized spacial score (nSPS) is 17.4. The first-order valence-electron chi connectivity index (χ1n) is 11.5. The minimum absolute atomic E-state index is 0.0298. The van der Waals surface area contributed by atoms with Crippen LogP contribution in [0.4, 0.5) is 14.7 Å². The maximum atomic E-state index is 13.1. The van der Waals surface area contributed by atoms with Gasteiger partial charge in [-0.3, -0.25) is 10.3 Å². The number of aryl methyl sites for hydroxylation is 2. The summed E-state index contributed by atoms with van der Waals surface area (Å²) in [6.45, 7) is 5.99. The van der Waals surface area contributed by atoms with Gasteiger partial charge in [-0.1, -0.05) is 23.5 Å². The van der Waals surface area contributed by atoms with Gasteiger partial charge in [0.25, 0.3) is 0 Å². The molecule has 9 nitrogen and oxygen atoms in total. The molecule has 0 aliphatic carbocycles. The zero-order valence-corrected chi connectivity index (χ0v) is 20.4. The van der Waals surface area contributed by atoms with Crippen molar-refractivity contribution in [3.05, 3.63) is 53.3 Å². The van der Waals surface area contributed by atoms with Gasteiger partial charge in [-0.15, -0.1) is 0 Å². The predicted molar refractivity (Wildman–Crippen MR) is 134 cm³/mol. The second-order valence-corrected chi connectivity index (χ2v) is 9.77. The molecule has 5 rings (SSSR count). The van der Waals surface area contributed by atoms with Crippen molar-refractivity contribution in [1.29, 1.82) is 5.26 Å². The van der Waals surface area contributed by atoms with Crippen LogP contribution in [0, 0.1) is 25.2 Å². The van der Waals surface area contributed by atoms with E-state index in [4.69, 9.17) is 4.98 Å². The smallest absolute Gasteiger partial charge is 0.323 e. The molecule has 1 unspecified atom stereocenters. The third-order valence-electron chi connectivity index (χ3n) is 6.23. The van der Waals surface area contributed by atoms with Crippen LogP contribution in [0.2, 0.25) is 0 Å². The molecule has 35 heavy (non-hydrogen) atoms. The summed E-state index contributed by atoms with van der Waals surface area (Å²) < 4.78 is 0. The molecule has 4 heterocycles. The van der Waals surface area contributed by atoms with Crippen LogP contribution in [0.15, 0.2) is 36.4 Å². The van der Waals surface area contributed by atoms with Crippen LogP contribution in [-0.2, 0) is 0 Å². The number of amides is 4. The van der Waals surface area contributed by atoms with Crippen LogP contribution in [0.3, 0.4) is 0 Å². The molecular formula is C25H25N7O2S. The van der Waals surface area contributed by atoms with Crippen molar-refractivity contribution < 1.29 is 9.59 Å². The van der Waals surface area contributed by atoms with Crippen LogP contribution in [0.25, 0.3) is 21.7 Å². The number of carbonyl (C=O) groups excluding carboxylic acids is 2. The number of nitrogens with one attached hydrogen (secondary N) is 2. The monoisotopic (exact) mass is 487 g/mol. The number of benzene rings is 1. The lowest BCUT2D eigenvalue weighted by Crippen LogP contribution is -2.62. The molecule has 3 aromatic rings. The first kappa shape index (κ1) is 22.8. The number of nitrogens with zero attached hydrogens (tertiary/aromatic N) is 5. The van der Waals surface area contributed by atoms with Crippen molar-refractivity contribution in [2.75, 3.05) is 31.5 Å². The number of thiazole rings is 1. The van der Waals surface area contributed by atoms with E-state index in [0.29, 0.717) is 42.6 Å². The Morgan fingerprint density at radius 2 is 1.97 bits per heavy atom. The Morgan fingerprint density at radius 3 is 2.74 bits per heavy atom. The van der Waals surface area contributed by atoms with Gasteiger partial charge in [-0.05, 0) is 50.1 Å². The zero-order chi connectivity index (χ0) is 24.5. The Labute approximate surface area is 207 Å². The van der Waals surface area contributed by atoms with E-state index in [1.165, 1.54) is 11.3 Å². The first-order valence-corrected chi connectivity index (χ1v) is 12.3. The number of nitriles is 1. The SMILES string of the molecule is Cc1cc(-c2sc(NC(=O)N3CCN4C(=O)NCCC4C3)nc2-c2cccc(C#N)c2)cc(C)n1. The number of hydrogen-bond acceptors (Lipinski definition) is 6. The van der Waals surface area contributed by atoms with Crippen LogP contribution in [-0.4, -0.2) is 64.1 Å². The third-order valence-corrected chi connectivity index (χ3v) is 7.25. The van der Waals surface area contributed by atoms with E-state index in [9.17, 15) is 14.9 Å². The lowest BCUT2D eigenvalue weighted by Gasteiger charge is -2.43. The number of piperazine rings is 1. The topological polar surface area (TPSA) is 114 Å². The number of anilines is 1. The minimum atomic E-state index is -0.227. The molecule has 0 bridgehead atoms. The van der Waals surface area contributed by atoms with E-state index >= 15 is 0 Å². The summed E-state index contributed by atoms with van der Waals surface area (Å²) >= 11 is 1.40. The Kier molecular flexibility index (Phi) is 6.09. The number of pyridine rings is 1. The van der Waals surface area contributed by atoms with E-state index in [-0.39, 0.29) is 18.1 Å². The van der Waals surface area contributed by atoms with Crippen molar-refractivity contribution in [2.24, 2.45) is 0 Å². The van der Waals surface area contributed by atoms with Gasteiger partial charge >= 0.3 is 12.1 Å². The molecular weight excluding hydrogens is 462 g/mol. The molecule has 2 N–H and O–H groups in total. The van der Waals surface area contributed by atoms with Crippen LogP contribution in [0.5, 0.6) is 0 Å². The van der Waals surface area contributed by atoms with Crippen molar-refractivity contribution in [3.63, 3.8) is 0 Å². The largest absolute Gasteiger partial charge is 0.338 e. The average molecular weight is 488 g/mol. The minimum Gasteiger partial charge on any atom is -0.338 e. The highest BCUT2D eigenvalue weighted by Crippen LogP contribution is 2.39. The highest BCUT2D eigenvalue weighted by molar-refractivity contribution is 7.19. The van der Waals surface area contributed by atoms with Crippen molar-refractivity contribution in [3.8, 4) is 27.8 Å². The standard InChI is InChI=1S/C25H25N7O2S/c1-15-10-19(11-16(2)28-15)22-21(18-5-3-4-17(12-18)13-26)29-23(35-22)30-25(34)31-8-9-32-20(14-31)6-7-27-24(32)33/h3-5,10-12,20H,6-9,14H2,1-2H3,(H,27,33)(H,29,30,34). The van der Waals surface area contributed by atoms with E-state index in [1.807, 2.05) is 43.0 Å². The highest BCUT2D eigenvalue weighted by atomic mass is 32.1. The molecule has 0 saturated carbocycles. The predicted octanol–water partition coefficient (Wildman–Crippen LogP) is 3.99. The van der Waals surface area contributed by atoms with Gasteiger partial charge in [0.05, 0.1) is 28.2 Å². The van der Waals surface area contributed by atoms with E-state index in [0.717, 1.165) is 33.8 Å². The summed E-state index contributed by atoms with van der Waals surface area (Å²) in [5.41, 5.74) is 4.82. The maximum Gasteiger partial charge on any atom is 0.323 e. The van der Waals surface area contributed by atoms with Crippen molar-refractivity contribution in [1.82, 2.24) is 25.1 Å². The average Bonchev–Trinajstić information content (AvgIpc) is 3.27. The molecule has 10 heteroatoms. The molecule has 0 spiro atoms. The lowest BCUT2D eigenvalue weighted by atomic mass is 10.0. The lowest BCUT2D eigenvalue weighted by molar-refractivity contribution is 0.0936. The Bertz CT molecular complexity index is 1330. The molecule has 2 saturated heterocycles. The van der Waals surface area contributed by atoms with Gasteiger partial charge in [0, 0.05) is 43.1 Å². The van der Waals surface area contributed by atoms with Gasteiger partial charge in [0.2, 0.25) is 0 Å². The summed E-state index contributed by atoms with van der Waals surface area (Å²) in [6, 6.07) is 13.2. The number of hydrogen-bond donors (Lipinski definition) is 2. The molecule has 1 atom stereocenters. The molecule has 2 aliphatic heterocycles. The summed E-state index contributed by atoms with van der Waals surface area (Å²) in [4.78, 5) is 38.9. The summed E-state index contributed by atoms with van der Waals surface area (Å²) in [6.07, 6.45) is 0.817. The van der Waals surface area contributed by atoms with Gasteiger partial charge in [0.15, 0.2) is 5.13 Å². The Balaban J connectivity index is 1.44. The van der Waals surface area contributed by atoms with Crippen LogP contribution < -0.4 is 10.6 Å². The number of aromatic nitrogens is 2. The molecule has 2 aliphatic rings. The highest BCUT2D eigenvalue weighted by Gasteiger charge is 2.35.